The van der Waals surface area contributed by atoms with E-state index in [0.29, 0.717) is 36.4 Å². The standard InChI is InChI=1S/C27H37BrN4O3/c1-6-35-29-26(22-7-9-24(28)10-8-22)23-13-16-31(17-14-23)20(3)12-15-30(5)27(33)25-19(2)11-18-32(34)21(25)4/h7-11,18,20,23H,6,12-17H2,1-5H3/b29-26+. The minimum atomic E-state index is -0.0950. The van der Waals surface area contributed by atoms with E-state index in [1.54, 1.807) is 17.9 Å². The van der Waals surface area contributed by atoms with Crippen molar-refractivity contribution in [3.63, 3.8) is 0 Å². The molecular weight excluding hydrogens is 508 g/mol. The molecule has 1 fully saturated rings. The molecule has 1 aliphatic rings. The van der Waals surface area contributed by atoms with Crippen molar-refractivity contribution >= 4 is 27.5 Å². The summed E-state index contributed by atoms with van der Waals surface area (Å²) < 4.78 is 1.81. The lowest BCUT2D eigenvalue weighted by atomic mass is 9.87. The average molecular weight is 546 g/mol. The number of carbonyl (C=O) groups is 1. The Bertz CT molecular complexity index is 1030. The third-order valence-electron chi connectivity index (χ3n) is 6.96. The van der Waals surface area contributed by atoms with Gasteiger partial charge >= 0.3 is 0 Å². The summed E-state index contributed by atoms with van der Waals surface area (Å²) in [5, 5.41) is 16.4. The Balaban J connectivity index is 1.56. The van der Waals surface area contributed by atoms with Crippen LogP contribution in [-0.4, -0.2) is 60.7 Å². The smallest absolute Gasteiger partial charge is 0.260 e. The van der Waals surface area contributed by atoms with Crippen LogP contribution in [0.5, 0.6) is 0 Å². The van der Waals surface area contributed by atoms with Gasteiger partial charge < -0.3 is 19.8 Å². The highest BCUT2D eigenvalue weighted by Gasteiger charge is 2.28. The van der Waals surface area contributed by atoms with Crippen molar-refractivity contribution in [2.24, 2.45) is 11.1 Å². The second kappa shape index (κ2) is 12.5. The van der Waals surface area contributed by atoms with Crippen LogP contribution >= 0.6 is 15.9 Å². The molecule has 3 rings (SSSR count). The predicted octanol–water partition coefficient (Wildman–Crippen LogP) is 4.70. The molecule has 1 atom stereocenters. The molecule has 35 heavy (non-hydrogen) atoms. The number of benzene rings is 1. The molecule has 1 amide bonds. The fraction of sp³-hybridized carbons (Fsp3) is 0.519. The molecule has 0 aliphatic carbocycles. The van der Waals surface area contributed by atoms with E-state index < -0.39 is 0 Å². The second-order valence-corrected chi connectivity index (χ2v) is 10.3. The minimum absolute atomic E-state index is 0.0950. The van der Waals surface area contributed by atoms with E-state index in [1.165, 1.54) is 6.20 Å². The van der Waals surface area contributed by atoms with Crippen LogP contribution < -0.4 is 4.73 Å². The molecule has 1 aromatic heterocycles. The molecule has 2 aromatic rings. The number of carbonyl (C=O) groups excluding carboxylic acids is 1. The van der Waals surface area contributed by atoms with Crippen LogP contribution in [0.25, 0.3) is 0 Å². The topological polar surface area (TPSA) is 72.1 Å². The van der Waals surface area contributed by atoms with Gasteiger partial charge in [-0.3, -0.25) is 4.79 Å². The van der Waals surface area contributed by atoms with E-state index >= 15 is 0 Å². The first kappa shape index (κ1) is 27.1. The highest BCUT2D eigenvalue weighted by atomic mass is 79.9. The molecule has 0 radical (unpaired) electrons. The molecular formula is C27H37BrN4O3. The van der Waals surface area contributed by atoms with E-state index in [2.05, 4.69) is 45.0 Å². The van der Waals surface area contributed by atoms with E-state index in [-0.39, 0.29) is 5.91 Å². The molecule has 1 aliphatic heterocycles. The summed E-state index contributed by atoms with van der Waals surface area (Å²) in [6.45, 7) is 10.9. The number of rotatable bonds is 9. The molecule has 0 N–H and O–H groups in total. The number of halogens is 1. The first-order valence-electron chi connectivity index (χ1n) is 12.4. The number of amides is 1. The molecule has 1 saturated heterocycles. The lowest BCUT2D eigenvalue weighted by Gasteiger charge is -2.37. The Hall–Kier alpha value is -2.45. The van der Waals surface area contributed by atoms with Crippen LogP contribution in [0.4, 0.5) is 0 Å². The van der Waals surface area contributed by atoms with Crippen molar-refractivity contribution in [3.8, 4) is 0 Å². The summed E-state index contributed by atoms with van der Waals surface area (Å²) in [6.07, 6.45) is 4.37. The summed E-state index contributed by atoms with van der Waals surface area (Å²) >= 11 is 3.51. The van der Waals surface area contributed by atoms with E-state index in [0.717, 1.165) is 58.4 Å². The molecule has 1 aromatic carbocycles. The van der Waals surface area contributed by atoms with E-state index in [1.807, 2.05) is 33.0 Å². The summed E-state index contributed by atoms with van der Waals surface area (Å²) in [5.41, 5.74) is 3.93. The summed E-state index contributed by atoms with van der Waals surface area (Å²) in [4.78, 5) is 22.7. The van der Waals surface area contributed by atoms with E-state index in [4.69, 9.17) is 4.84 Å². The highest BCUT2D eigenvalue weighted by molar-refractivity contribution is 9.10. The minimum Gasteiger partial charge on any atom is -0.618 e. The first-order chi connectivity index (χ1) is 16.7. The average Bonchev–Trinajstić information content (AvgIpc) is 2.86. The van der Waals surface area contributed by atoms with Gasteiger partial charge in [-0.2, -0.15) is 4.73 Å². The Labute approximate surface area is 217 Å². The van der Waals surface area contributed by atoms with Gasteiger partial charge in [0.25, 0.3) is 5.91 Å². The van der Waals surface area contributed by atoms with Gasteiger partial charge in [-0.15, -0.1) is 0 Å². The summed E-state index contributed by atoms with van der Waals surface area (Å²) in [5.74, 6) is 0.264. The largest absolute Gasteiger partial charge is 0.618 e. The fourth-order valence-corrected chi connectivity index (χ4v) is 4.94. The molecule has 8 heteroatoms. The number of hydrogen-bond acceptors (Lipinski definition) is 5. The summed E-state index contributed by atoms with van der Waals surface area (Å²) in [6, 6.07) is 10.3. The number of aryl methyl sites for hydroxylation is 1. The van der Waals surface area contributed by atoms with Gasteiger partial charge in [-0.25, -0.2) is 0 Å². The van der Waals surface area contributed by atoms with Gasteiger partial charge in [0, 0.05) is 43.0 Å². The van der Waals surface area contributed by atoms with Crippen molar-refractivity contribution in [2.75, 3.05) is 33.3 Å². The third kappa shape index (κ3) is 6.82. The molecule has 0 saturated carbocycles. The zero-order chi connectivity index (χ0) is 25.5. The maximum absolute atomic E-state index is 13.0. The zero-order valence-corrected chi connectivity index (χ0v) is 23.0. The number of piperidine rings is 1. The maximum Gasteiger partial charge on any atom is 0.260 e. The van der Waals surface area contributed by atoms with Crippen LogP contribution in [-0.2, 0) is 4.84 Å². The monoisotopic (exact) mass is 544 g/mol. The van der Waals surface area contributed by atoms with Crippen LogP contribution in [0.3, 0.4) is 0 Å². The van der Waals surface area contributed by atoms with Gasteiger partial charge in [0.2, 0.25) is 5.69 Å². The Kier molecular flexibility index (Phi) is 9.69. The Morgan fingerprint density at radius 1 is 1.26 bits per heavy atom. The Morgan fingerprint density at radius 2 is 1.91 bits per heavy atom. The summed E-state index contributed by atoms with van der Waals surface area (Å²) in [7, 11) is 1.82. The molecule has 2 heterocycles. The number of aromatic nitrogens is 1. The lowest BCUT2D eigenvalue weighted by Crippen LogP contribution is -2.43. The first-order valence-corrected chi connectivity index (χ1v) is 13.2. The molecule has 190 valence electrons. The van der Waals surface area contributed by atoms with Gasteiger partial charge in [0.1, 0.15) is 12.2 Å². The highest BCUT2D eigenvalue weighted by Crippen LogP contribution is 2.26. The molecule has 0 spiro atoms. The third-order valence-corrected chi connectivity index (χ3v) is 7.49. The maximum atomic E-state index is 13.0. The quantitative estimate of drug-likeness (QED) is 0.198. The van der Waals surface area contributed by atoms with Crippen LogP contribution in [0.15, 0.2) is 46.2 Å². The lowest BCUT2D eigenvalue weighted by molar-refractivity contribution is -0.612. The normalized spacial score (nSPS) is 16.2. The van der Waals surface area contributed by atoms with Crippen molar-refractivity contribution in [1.82, 2.24) is 9.80 Å². The number of pyridine rings is 1. The van der Waals surface area contributed by atoms with Crippen molar-refractivity contribution in [3.05, 3.63) is 68.6 Å². The van der Waals surface area contributed by atoms with Crippen molar-refractivity contribution < 1.29 is 14.4 Å². The fourth-order valence-electron chi connectivity index (χ4n) is 4.68. The van der Waals surface area contributed by atoms with Gasteiger partial charge in [0.05, 0.1) is 5.71 Å². The molecule has 1 unspecified atom stereocenters. The SMILES string of the molecule is CCO/N=C(\c1ccc(Br)cc1)C1CCN(C(C)CCN(C)C(=O)c2c(C)cc[n+]([O-])c2C)CC1. The number of hydrogen-bond donors (Lipinski definition) is 0. The number of nitrogens with zero attached hydrogens (tertiary/aromatic N) is 4. The van der Waals surface area contributed by atoms with Crippen LogP contribution in [0, 0.1) is 25.0 Å². The van der Waals surface area contributed by atoms with E-state index in [9.17, 15) is 10.0 Å². The second-order valence-electron chi connectivity index (χ2n) is 9.36. The Morgan fingerprint density at radius 3 is 2.54 bits per heavy atom. The van der Waals surface area contributed by atoms with Gasteiger partial charge in [-0.05, 0) is 76.4 Å². The van der Waals surface area contributed by atoms with Crippen molar-refractivity contribution in [1.29, 1.82) is 0 Å². The van der Waals surface area contributed by atoms with Crippen molar-refractivity contribution in [2.45, 2.75) is 53.0 Å². The zero-order valence-electron chi connectivity index (χ0n) is 21.5. The van der Waals surface area contributed by atoms with Crippen LogP contribution in [0.1, 0.15) is 60.3 Å². The van der Waals surface area contributed by atoms with Gasteiger partial charge in [0.15, 0.2) is 6.20 Å². The van der Waals surface area contributed by atoms with Gasteiger partial charge in [-0.1, -0.05) is 33.2 Å². The molecule has 7 nitrogen and oxygen atoms in total. The number of oxime groups is 1. The molecule has 0 bridgehead atoms. The van der Waals surface area contributed by atoms with Crippen LogP contribution in [0.2, 0.25) is 0 Å². The predicted molar refractivity (Wildman–Crippen MR) is 143 cm³/mol. The number of likely N-dealkylation sites (tertiary alicyclic amines) is 1.